The number of benzene rings is 1. The average molecular weight is 522 g/mol. The Morgan fingerprint density at radius 3 is 2.66 bits per heavy atom. The van der Waals surface area contributed by atoms with Crippen molar-refractivity contribution in [1.82, 2.24) is 24.8 Å². The van der Waals surface area contributed by atoms with Crippen LogP contribution in [-0.4, -0.2) is 76.8 Å². The third-order valence-electron chi connectivity index (χ3n) is 6.42. The van der Waals surface area contributed by atoms with Crippen molar-refractivity contribution in [3.8, 4) is 28.7 Å². The molecule has 0 radical (unpaired) electrons. The van der Waals surface area contributed by atoms with E-state index in [9.17, 15) is 9.18 Å². The SMILES string of the molecule is CC1(C(=O)N2CCOCC2)COC(c2nc(-c3ccc(F)cc3)c(-c3ccnc(NCCC#N)n3)[nH]2)OC1. The Morgan fingerprint density at radius 2 is 1.95 bits per heavy atom. The van der Waals surface area contributed by atoms with Crippen molar-refractivity contribution in [2.75, 3.05) is 51.4 Å². The smallest absolute Gasteiger partial charge is 0.233 e. The van der Waals surface area contributed by atoms with Crippen LogP contribution in [0.15, 0.2) is 36.5 Å². The minimum absolute atomic E-state index is 0.0243. The lowest BCUT2D eigenvalue weighted by molar-refractivity contribution is -0.235. The number of nitrogens with one attached hydrogen (secondary N) is 2. The summed E-state index contributed by atoms with van der Waals surface area (Å²) in [6.45, 7) is 4.70. The predicted molar refractivity (Wildman–Crippen MR) is 134 cm³/mol. The summed E-state index contributed by atoms with van der Waals surface area (Å²) in [7, 11) is 0. The molecule has 1 aromatic carbocycles. The Morgan fingerprint density at radius 1 is 1.21 bits per heavy atom. The maximum absolute atomic E-state index is 13.6. The molecule has 3 aromatic rings. The molecule has 0 unspecified atom stereocenters. The van der Waals surface area contributed by atoms with Gasteiger partial charge in [0.25, 0.3) is 0 Å². The molecule has 2 fully saturated rings. The number of nitriles is 1. The van der Waals surface area contributed by atoms with Crippen molar-refractivity contribution in [1.29, 1.82) is 5.26 Å². The van der Waals surface area contributed by atoms with E-state index in [2.05, 4.69) is 26.3 Å². The molecule has 2 aliphatic heterocycles. The number of nitrogens with zero attached hydrogens (tertiary/aromatic N) is 5. The number of imidazole rings is 1. The zero-order chi connectivity index (χ0) is 26.5. The van der Waals surface area contributed by atoms with Crippen LogP contribution in [0.4, 0.5) is 10.3 Å². The summed E-state index contributed by atoms with van der Waals surface area (Å²) in [4.78, 5) is 31.7. The first-order chi connectivity index (χ1) is 18.5. The number of amides is 1. The number of anilines is 1. The highest BCUT2D eigenvalue weighted by atomic mass is 19.1. The molecule has 4 heterocycles. The number of hydrogen-bond acceptors (Lipinski definition) is 9. The predicted octanol–water partition coefficient (Wildman–Crippen LogP) is 2.91. The monoisotopic (exact) mass is 521 g/mol. The van der Waals surface area contributed by atoms with E-state index in [0.29, 0.717) is 73.7 Å². The molecular weight excluding hydrogens is 493 g/mol. The normalized spacial score (nSPS) is 21.6. The largest absolute Gasteiger partial charge is 0.378 e. The van der Waals surface area contributed by atoms with Crippen LogP contribution < -0.4 is 5.32 Å². The number of H-pyrrole nitrogens is 1. The molecule has 2 aliphatic rings. The number of ether oxygens (including phenoxy) is 3. The van der Waals surface area contributed by atoms with E-state index in [-0.39, 0.29) is 24.9 Å². The number of aromatic amines is 1. The molecule has 2 aromatic heterocycles. The van der Waals surface area contributed by atoms with Gasteiger partial charge in [0.05, 0.1) is 61.4 Å². The quantitative estimate of drug-likeness (QED) is 0.449. The van der Waals surface area contributed by atoms with Gasteiger partial charge in [-0.25, -0.2) is 19.3 Å². The summed E-state index contributed by atoms with van der Waals surface area (Å²) in [5, 5.41) is 11.8. The molecule has 0 bridgehead atoms. The molecule has 2 N–H and O–H groups in total. The highest BCUT2D eigenvalue weighted by Crippen LogP contribution is 2.36. The highest BCUT2D eigenvalue weighted by molar-refractivity contribution is 5.83. The first-order valence-electron chi connectivity index (χ1n) is 12.4. The molecule has 38 heavy (non-hydrogen) atoms. The second-order valence-corrected chi connectivity index (χ2v) is 9.37. The van der Waals surface area contributed by atoms with Crippen LogP contribution in [0, 0.1) is 22.6 Å². The number of carbonyl (C=O) groups excluding carboxylic acids is 1. The molecule has 12 heteroatoms. The molecule has 1 amide bonds. The number of hydrogen-bond donors (Lipinski definition) is 2. The van der Waals surface area contributed by atoms with E-state index >= 15 is 0 Å². The van der Waals surface area contributed by atoms with Gasteiger partial charge in [-0.05, 0) is 37.3 Å². The van der Waals surface area contributed by atoms with Gasteiger partial charge in [0.15, 0.2) is 5.82 Å². The Balaban J connectivity index is 1.40. The Hall–Kier alpha value is -3.92. The van der Waals surface area contributed by atoms with Gasteiger partial charge < -0.3 is 29.4 Å². The topological polar surface area (TPSA) is 138 Å². The molecule has 0 saturated carbocycles. The van der Waals surface area contributed by atoms with Gasteiger partial charge in [-0.1, -0.05) is 0 Å². The van der Waals surface area contributed by atoms with Crippen LogP contribution in [-0.2, 0) is 19.0 Å². The summed E-state index contributed by atoms with van der Waals surface area (Å²) in [5.74, 6) is 0.378. The molecule has 2 saturated heterocycles. The van der Waals surface area contributed by atoms with Crippen molar-refractivity contribution < 1.29 is 23.4 Å². The van der Waals surface area contributed by atoms with Crippen LogP contribution in [0.25, 0.3) is 22.6 Å². The zero-order valence-electron chi connectivity index (χ0n) is 20.9. The molecule has 11 nitrogen and oxygen atoms in total. The van der Waals surface area contributed by atoms with Crippen LogP contribution in [0.1, 0.15) is 25.5 Å². The fraction of sp³-hybridized carbons (Fsp3) is 0.423. The lowest BCUT2D eigenvalue weighted by Crippen LogP contribution is -2.53. The van der Waals surface area contributed by atoms with Crippen LogP contribution in [0.3, 0.4) is 0 Å². The Kier molecular flexibility index (Phi) is 7.59. The number of aromatic nitrogens is 4. The maximum atomic E-state index is 13.6. The number of rotatable bonds is 7. The summed E-state index contributed by atoms with van der Waals surface area (Å²) in [5.41, 5.74) is 1.50. The molecule has 0 atom stereocenters. The van der Waals surface area contributed by atoms with Crippen molar-refractivity contribution in [3.63, 3.8) is 0 Å². The minimum Gasteiger partial charge on any atom is -0.378 e. The fourth-order valence-electron chi connectivity index (χ4n) is 4.36. The Bertz CT molecular complexity index is 1310. The number of carbonyl (C=O) groups is 1. The van der Waals surface area contributed by atoms with Crippen LogP contribution in [0.2, 0.25) is 0 Å². The number of morpholine rings is 1. The average Bonchev–Trinajstić information content (AvgIpc) is 3.40. The summed E-state index contributed by atoms with van der Waals surface area (Å²) >= 11 is 0. The van der Waals surface area contributed by atoms with Gasteiger partial charge in [-0.15, -0.1) is 0 Å². The third-order valence-corrected chi connectivity index (χ3v) is 6.42. The molecule has 5 rings (SSSR count). The van der Waals surface area contributed by atoms with Gasteiger partial charge in [0.1, 0.15) is 5.82 Å². The standard InChI is InChI=1S/C26H28FN7O4/c1-26(24(35)34-11-13-36-14-12-34)15-37-23(38-16-26)22-32-20(17-3-5-18(27)6-4-17)21(33-22)19-7-10-30-25(31-19)29-9-2-8-28/h3-7,10,23H,2,9,11-16H2,1H3,(H,32,33)(H,29,30,31). The Labute approximate surface area is 219 Å². The molecule has 0 aliphatic carbocycles. The maximum Gasteiger partial charge on any atom is 0.233 e. The molecular formula is C26H28FN7O4. The lowest BCUT2D eigenvalue weighted by Gasteiger charge is -2.39. The molecule has 0 spiro atoms. The second-order valence-electron chi connectivity index (χ2n) is 9.37. The van der Waals surface area contributed by atoms with Gasteiger partial charge in [-0.2, -0.15) is 5.26 Å². The lowest BCUT2D eigenvalue weighted by atomic mass is 9.90. The van der Waals surface area contributed by atoms with E-state index < -0.39 is 11.7 Å². The first-order valence-corrected chi connectivity index (χ1v) is 12.4. The first kappa shape index (κ1) is 25.7. The highest BCUT2D eigenvalue weighted by Gasteiger charge is 2.43. The van der Waals surface area contributed by atoms with E-state index in [1.807, 2.05) is 6.92 Å². The molecule has 198 valence electrons. The van der Waals surface area contributed by atoms with Crippen molar-refractivity contribution >= 4 is 11.9 Å². The summed E-state index contributed by atoms with van der Waals surface area (Å²) in [6.07, 6.45) is 1.08. The van der Waals surface area contributed by atoms with Crippen molar-refractivity contribution in [3.05, 3.63) is 48.2 Å². The third kappa shape index (κ3) is 5.50. The van der Waals surface area contributed by atoms with E-state index in [1.165, 1.54) is 12.1 Å². The van der Waals surface area contributed by atoms with Crippen LogP contribution >= 0.6 is 0 Å². The zero-order valence-corrected chi connectivity index (χ0v) is 20.9. The van der Waals surface area contributed by atoms with E-state index in [4.69, 9.17) is 24.5 Å². The van der Waals surface area contributed by atoms with Crippen molar-refractivity contribution in [2.45, 2.75) is 19.6 Å². The second kappa shape index (κ2) is 11.2. The van der Waals surface area contributed by atoms with E-state index in [0.717, 1.165) is 0 Å². The minimum atomic E-state index is -0.830. The number of halogens is 1. The van der Waals surface area contributed by atoms with Gasteiger partial charge >= 0.3 is 0 Å². The van der Waals surface area contributed by atoms with E-state index in [1.54, 1.807) is 29.3 Å². The van der Waals surface area contributed by atoms with Crippen molar-refractivity contribution in [2.24, 2.45) is 5.41 Å². The summed E-state index contributed by atoms with van der Waals surface area (Å²) < 4.78 is 31.0. The fourth-order valence-corrected chi connectivity index (χ4v) is 4.36. The summed E-state index contributed by atoms with van der Waals surface area (Å²) in [6, 6.07) is 9.77. The van der Waals surface area contributed by atoms with Gasteiger partial charge in [-0.3, -0.25) is 4.79 Å². The van der Waals surface area contributed by atoms with Gasteiger partial charge in [0, 0.05) is 31.4 Å². The van der Waals surface area contributed by atoms with Crippen LogP contribution in [0.5, 0.6) is 0 Å². The van der Waals surface area contributed by atoms with Gasteiger partial charge in [0.2, 0.25) is 18.1 Å².